The predicted octanol–water partition coefficient (Wildman–Crippen LogP) is 5.44. The Bertz CT molecular complexity index is 916. The van der Waals surface area contributed by atoms with Crippen molar-refractivity contribution >= 4 is 23.8 Å². The molecule has 0 spiro atoms. The summed E-state index contributed by atoms with van der Waals surface area (Å²) in [5.41, 5.74) is -1.29. The zero-order chi connectivity index (χ0) is 23.2. The van der Waals surface area contributed by atoms with Gasteiger partial charge in [-0.2, -0.15) is 13.2 Å². The lowest BCUT2D eigenvalue weighted by atomic mass is 9.94. The van der Waals surface area contributed by atoms with Crippen LogP contribution in [0.5, 0.6) is 0 Å². The molecule has 0 N–H and O–H groups in total. The second kappa shape index (κ2) is 10.2. The van der Waals surface area contributed by atoms with Gasteiger partial charge in [0.15, 0.2) is 5.92 Å². The minimum Gasteiger partial charge on any atom is -0.462 e. The van der Waals surface area contributed by atoms with Crippen LogP contribution in [0.1, 0.15) is 50.3 Å². The number of nitrogens with zero attached hydrogens (tertiary/aromatic N) is 1. The van der Waals surface area contributed by atoms with Crippen molar-refractivity contribution in [3.63, 3.8) is 0 Å². The van der Waals surface area contributed by atoms with Gasteiger partial charge in [0, 0.05) is 11.8 Å². The van der Waals surface area contributed by atoms with Crippen LogP contribution in [0.2, 0.25) is 0 Å². The van der Waals surface area contributed by atoms with Crippen molar-refractivity contribution in [2.45, 2.75) is 52.0 Å². The molecule has 0 aliphatic rings. The molecule has 0 aliphatic heterocycles. The van der Waals surface area contributed by atoms with Crippen LogP contribution >= 0.6 is 0 Å². The molecule has 8 heteroatoms. The zero-order valence-electron chi connectivity index (χ0n) is 17.6. The van der Waals surface area contributed by atoms with E-state index in [-0.39, 0.29) is 5.56 Å². The van der Waals surface area contributed by atoms with Gasteiger partial charge >= 0.3 is 18.1 Å². The second-order valence-corrected chi connectivity index (χ2v) is 7.31. The summed E-state index contributed by atoms with van der Waals surface area (Å²) < 4.78 is 51.5. The molecule has 31 heavy (non-hydrogen) atoms. The molecule has 2 aromatic carbocycles. The first kappa shape index (κ1) is 24.1. The topological polar surface area (TPSA) is 65.0 Å². The van der Waals surface area contributed by atoms with Crippen molar-refractivity contribution in [1.82, 2.24) is 0 Å². The maximum atomic E-state index is 13.7. The third kappa shape index (κ3) is 6.67. The molecule has 0 atom stereocenters. The fraction of sp³-hybridized carbons (Fsp3) is 0.348. The summed E-state index contributed by atoms with van der Waals surface area (Å²) in [4.78, 5) is 29.4. The van der Waals surface area contributed by atoms with E-state index < -0.39 is 47.5 Å². The molecule has 0 saturated heterocycles. The lowest BCUT2D eigenvalue weighted by Crippen LogP contribution is -2.30. The molecule has 2 rings (SSSR count). The van der Waals surface area contributed by atoms with E-state index in [0.717, 1.165) is 12.1 Å². The van der Waals surface area contributed by atoms with Crippen LogP contribution < -0.4 is 0 Å². The highest BCUT2D eigenvalue weighted by atomic mass is 19.4. The van der Waals surface area contributed by atoms with Crippen LogP contribution in [-0.4, -0.2) is 30.4 Å². The highest BCUT2D eigenvalue weighted by Crippen LogP contribution is 2.41. The summed E-state index contributed by atoms with van der Waals surface area (Å²) in [7, 11) is 0. The Morgan fingerprint density at radius 3 is 1.90 bits per heavy atom. The third-order valence-electron chi connectivity index (χ3n) is 4.00. The third-order valence-corrected chi connectivity index (χ3v) is 4.00. The molecular weight excluding hydrogens is 411 g/mol. The molecule has 0 unspecified atom stereocenters. The van der Waals surface area contributed by atoms with Crippen molar-refractivity contribution in [3.8, 4) is 0 Å². The standard InChI is InChI=1S/C23H24F3NO4/c1-14(2)30-21(28)19(22(29)31-15(3)4)17-11-8-12-18(23(24,25)26)20(17)27-13-16-9-6-5-7-10-16/h5-15,19H,1-4H3. The number of halogens is 3. The van der Waals surface area contributed by atoms with Crippen LogP contribution in [0.25, 0.3) is 0 Å². The van der Waals surface area contributed by atoms with Gasteiger partial charge in [-0.3, -0.25) is 14.6 Å². The Hall–Kier alpha value is -3.16. The van der Waals surface area contributed by atoms with Gasteiger partial charge in [0.25, 0.3) is 0 Å². The normalized spacial score (nSPS) is 12.1. The van der Waals surface area contributed by atoms with E-state index in [0.29, 0.717) is 5.56 Å². The first-order chi connectivity index (χ1) is 14.5. The smallest absolute Gasteiger partial charge is 0.418 e. The number of benzene rings is 2. The summed E-state index contributed by atoms with van der Waals surface area (Å²) in [6, 6.07) is 11.7. The average molecular weight is 435 g/mol. The van der Waals surface area contributed by atoms with Crippen molar-refractivity contribution in [2.75, 3.05) is 0 Å². The van der Waals surface area contributed by atoms with Gasteiger partial charge in [-0.1, -0.05) is 42.5 Å². The number of ether oxygens (including phenoxy) is 2. The van der Waals surface area contributed by atoms with Crippen LogP contribution in [0.4, 0.5) is 18.9 Å². The van der Waals surface area contributed by atoms with Crippen molar-refractivity contribution in [3.05, 3.63) is 65.2 Å². The number of carbonyl (C=O) groups excluding carboxylic acids is 2. The van der Waals surface area contributed by atoms with E-state index in [4.69, 9.17) is 9.47 Å². The second-order valence-electron chi connectivity index (χ2n) is 7.31. The van der Waals surface area contributed by atoms with Crippen LogP contribution in [0, 0.1) is 0 Å². The van der Waals surface area contributed by atoms with E-state index in [2.05, 4.69) is 4.99 Å². The average Bonchev–Trinajstić information content (AvgIpc) is 2.65. The summed E-state index contributed by atoms with van der Waals surface area (Å²) in [6.07, 6.45) is -4.67. The molecule has 166 valence electrons. The maximum absolute atomic E-state index is 13.7. The summed E-state index contributed by atoms with van der Waals surface area (Å²) >= 11 is 0. The molecule has 0 amide bonds. The van der Waals surface area contributed by atoms with Crippen molar-refractivity contribution in [2.24, 2.45) is 4.99 Å². The number of alkyl halides is 3. The zero-order valence-corrected chi connectivity index (χ0v) is 17.6. The van der Waals surface area contributed by atoms with Crippen LogP contribution in [-0.2, 0) is 25.2 Å². The van der Waals surface area contributed by atoms with E-state index in [9.17, 15) is 22.8 Å². The first-order valence-electron chi connectivity index (χ1n) is 9.71. The molecule has 0 aliphatic carbocycles. The minimum atomic E-state index is -4.76. The maximum Gasteiger partial charge on any atom is 0.418 e. The van der Waals surface area contributed by atoms with Gasteiger partial charge < -0.3 is 9.47 Å². The summed E-state index contributed by atoms with van der Waals surface area (Å²) in [6.45, 7) is 6.29. The van der Waals surface area contributed by atoms with Gasteiger partial charge in [-0.25, -0.2) is 0 Å². The molecule has 0 heterocycles. The Labute approximate surface area is 178 Å². The van der Waals surface area contributed by atoms with Crippen molar-refractivity contribution in [1.29, 1.82) is 0 Å². The largest absolute Gasteiger partial charge is 0.462 e. The van der Waals surface area contributed by atoms with Gasteiger partial charge in [-0.15, -0.1) is 0 Å². The predicted molar refractivity (Wildman–Crippen MR) is 110 cm³/mol. The van der Waals surface area contributed by atoms with E-state index in [1.165, 1.54) is 12.3 Å². The molecule has 0 bridgehead atoms. The van der Waals surface area contributed by atoms with Gasteiger partial charge in [-0.05, 0) is 39.3 Å². The highest BCUT2D eigenvalue weighted by Gasteiger charge is 2.40. The number of aliphatic imine (C=N–C) groups is 1. The Balaban J connectivity index is 2.67. The molecule has 0 fully saturated rings. The lowest BCUT2D eigenvalue weighted by Gasteiger charge is -2.21. The molecule has 5 nitrogen and oxygen atoms in total. The monoisotopic (exact) mass is 435 g/mol. The number of esters is 2. The molecular formula is C23H24F3NO4. The Morgan fingerprint density at radius 1 is 0.871 bits per heavy atom. The van der Waals surface area contributed by atoms with Gasteiger partial charge in [0.1, 0.15) is 0 Å². The first-order valence-corrected chi connectivity index (χ1v) is 9.71. The number of para-hydroxylation sites is 1. The molecule has 0 aromatic heterocycles. The number of carbonyl (C=O) groups is 2. The van der Waals surface area contributed by atoms with Crippen LogP contribution in [0.3, 0.4) is 0 Å². The minimum absolute atomic E-state index is 0.238. The SMILES string of the molecule is CC(C)OC(=O)C(C(=O)OC(C)C)c1cccc(C(F)(F)F)c1N=Cc1ccccc1. The number of rotatable bonds is 7. The summed E-state index contributed by atoms with van der Waals surface area (Å²) in [5, 5.41) is 0. The van der Waals surface area contributed by atoms with Gasteiger partial charge in [0.2, 0.25) is 0 Å². The lowest BCUT2D eigenvalue weighted by molar-refractivity contribution is -0.161. The molecule has 2 aromatic rings. The molecule has 0 saturated carbocycles. The fourth-order valence-electron chi connectivity index (χ4n) is 2.80. The quantitative estimate of drug-likeness (QED) is 0.330. The number of hydrogen-bond donors (Lipinski definition) is 0. The van der Waals surface area contributed by atoms with E-state index in [1.54, 1.807) is 58.0 Å². The number of hydrogen-bond acceptors (Lipinski definition) is 5. The van der Waals surface area contributed by atoms with Crippen LogP contribution in [0.15, 0.2) is 53.5 Å². The van der Waals surface area contributed by atoms with Crippen molar-refractivity contribution < 1.29 is 32.2 Å². The fourth-order valence-corrected chi connectivity index (χ4v) is 2.80. The van der Waals surface area contributed by atoms with Gasteiger partial charge in [0.05, 0.1) is 23.5 Å². The Kier molecular flexibility index (Phi) is 7.96. The highest BCUT2D eigenvalue weighted by molar-refractivity contribution is 6.02. The molecule has 0 radical (unpaired) electrons. The Morgan fingerprint density at radius 2 is 1.42 bits per heavy atom. The van der Waals surface area contributed by atoms with E-state index in [1.807, 2.05) is 0 Å². The van der Waals surface area contributed by atoms with E-state index >= 15 is 0 Å². The summed E-state index contributed by atoms with van der Waals surface area (Å²) in [5.74, 6) is -3.72.